The number of sulfonamides is 1. The molecule has 4 heterocycles. The summed E-state index contributed by atoms with van der Waals surface area (Å²) in [5, 5.41) is 7.48. The first-order valence-corrected chi connectivity index (χ1v) is 14.1. The van der Waals surface area contributed by atoms with Crippen LogP contribution in [0.2, 0.25) is 0 Å². The zero-order chi connectivity index (χ0) is 27.0. The minimum absolute atomic E-state index is 0.0134. The quantitative estimate of drug-likeness (QED) is 0.351. The Balaban J connectivity index is 1.41. The van der Waals surface area contributed by atoms with Gasteiger partial charge in [-0.3, -0.25) is 9.48 Å². The summed E-state index contributed by atoms with van der Waals surface area (Å²) in [5.74, 6) is 0.488. The zero-order valence-corrected chi connectivity index (χ0v) is 22.8. The van der Waals surface area contributed by atoms with Gasteiger partial charge >= 0.3 is 0 Å². The summed E-state index contributed by atoms with van der Waals surface area (Å²) in [7, 11) is -0.817. The second kappa shape index (κ2) is 10.1. The Morgan fingerprint density at radius 1 is 1.16 bits per heavy atom. The van der Waals surface area contributed by atoms with Crippen molar-refractivity contribution in [2.75, 3.05) is 24.9 Å². The molecular formula is C25H26N6O5S2. The summed E-state index contributed by atoms with van der Waals surface area (Å²) in [5.41, 5.74) is 3.84. The van der Waals surface area contributed by atoms with Gasteiger partial charge in [0.2, 0.25) is 11.8 Å². The number of carbonyl (C=O) groups is 1. The number of hydrogen-bond donors (Lipinski definition) is 1. The Kier molecular flexibility index (Phi) is 6.80. The molecule has 3 aromatic heterocycles. The Hall–Kier alpha value is -3.97. The highest BCUT2D eigenvalue weighted by Crippen LogP contribution is 2.31. The van der Waals surface area contributed by atoms with Gasteiger partial charge < -0.3 is 14.4 Å². The maximum atomic E-state index is 12.9. The molecule has 198 valence electrons. The van der Waals surface area contributed by atoms with Crippen molar-refractivity contribution >= 4 is 33.2 Å². The van der Waals surface area contributed by atoms with Crippen LogP contribution in [0.1, 0.15) is 21.5 Å². The monoisotopic (exact) mass is 554 g/mol. The van der Waals surface area contributed by atoms with Crippen LogP contribution in [0.25, 0.3) is 11.3 Å². The van der Waals surface area contributed by atoms with E-state index in [1.165, 1.54) is 35.5 Å². The van der Waals surface area contributed by atoms with E-state index in [2.05, 4.69) is 19.8 Å². The first-order valence-electron chi connectivity index (χ1n) is 11.7. The molecule has 1 aromatic carbocycles. The number of nitrogens with zero attached hydrogens (tertiary/aromatic N) is 5. The number of ether oxygens (including phenoxy) is 2. The largest absolute Gasteiger partial charge is 0.495 e. The molecule has 1 N–H and O–H groups in total. The minimum atomic E-state index is -3.98. The third-order valence-electron chi connectivity index (χ3n) is 6.16. The Labute approximate surface area is 224 Å². The number of carbonyl (C=O) groups excluding carboxylic acids is 1. The molecule has 38 heavy (non-hydrogen) atoms. The van der Waals surface area contributed by atoms with Crippen molar-refractivity contribution in [2.24, 2.45) is 7.05 Å². The van der Waals surface area contributed by atoms with Gasteiger partial charge in [0.25, 0.3) is 15.9 Å². The van der Waals surface area contributed by atoms with Crippen molar-refractivity contribution in [3.63, 3.8) is 0 Å². The summed E-state index contributed by atoms with van der Waals surface area (Å²) < 4.78 is 41.1. The number of anilines is 1. The Morgan fingerprint density at radius 2 is 1.89 bits per heavy atom. The molecular weight excluding hydrogens is 528 g/mol. The highest BCUT2D eigenvalue weighted by molar-refractivity contribution is 7.92. The number of aromatic nitrogens is 4. The molecule has 13 heteroatoms. The lowest BCUT2D eigenvalue weighted by molar-refractivity contribution is 0.0159. The Bertz CT molecular complexity index is 1590. The number of benzene rings is 1. The number of methoxy groups -OCH3 is 1. The number of rotatable bonds is 8. The molecule has 5 rings (SSSR count). The van der Waals surface area contributed by atoms with E-state index in [1.807, 2.05) is 32.0 Å². The summed E-state index contributed by atoms with van der Waals surface area (Å²) >= 11 is 1.40. The van der Waals surface area contributed by atoms with Gasteiger partial charge in [-0.05, 0) is 25.0 Å². The van der Waals surface area contributed by atoms with Crippen molar-refractivity contribution in [1.29, 1.82) is 0 Å². The van der Waals surface area contributed by atoms with E-state index in [0.29, 0.717) is 30.1 Å². The molecule has 0 spiro atoms. The van der Waals surface area contributed by atoms with Crippen molar-refractivity contribution in [2.45, 2.75) is 24.8 Å². The fourth-order valence-electron chi connectivity index (χ4n) is 4.21. The highest BCUT2D eigenvalue weighted by atomic mass is 32.2. The number of nitrogens with one attached hydrogen (secondary N) is 1. The average Bonchev–Trinajstić information content (AvgIpc) is 3.49. The molecule has 1 aliphatic heterocycles. The second-order valence-corrected chi connectivity index (χ2v) is 11.4. The van der Waals surface area contributed by atoms with Gasteiger partial charge in [-0.2, -0.15) is 10.1 Å². The predicted octanol–water partition coefficient (Wildman–Crippen LogP) is 3.27. The van der Waals surface area contributed by atoms with Crippen LogP contribution in [-0.2, 0) is 17.1 Å². The smallest absolute Gasteiger partial charge is 0.267 e. The number of hydrogen-bond acceptors (Lipinski definition) is 9. The number of likely N-dealkylation sites (tertiary alicyclic amines) is 1. The summed E-state index contributed by atoms with van der Waals surface area (Å²) in [6, 6.07) is 7.54. The summed E-state index contributed by atoms with van der Waals surface area (Å²) in [6.45, 7) is 4.63. The lowest BCUT2D eigenvalue weighted by Crippen LogP contribution is -2.56. The van der Waals surface area contributed by atoms with E-state index >= 15 is 0 Å². The number of amides is 1. The molecule has 0 unspecified atom stereocenters. The molecule has 0 bridgehead atoms. The molecule has 0 saturated carbocycles. The third-order valence-corrected chi connectivity index (χ3v) is 8.16. The predicted molar refractivity (Wildman–Crippen MR) is 142 cm³/mol. The topological polar surface area (TPSA) is 129 Å². The van der Waals surface area contributed by atoms with Crippen LogP contribution in [0.5, 0.6) is 11.6 Å². The lowest BCUT2D eigenvalue weighted by atomic mass is 10.00. The van der Waals surface area contributed by atoms with Crippen LogP contribution in [0.4, 0.5) is 5.95 Å². The van der Waals surface area contributed by atoms with Crippen LogP contribution < -0.4 is 14.2 Å². The maximum absolute atomic E-state index is 12.9. The SMILES string of the molecule is COc1cscc1C(=O)N1CC(Oc2cc(-c3c(C)cccc3C)nc(NS(=O)(=O)c3cnn(C)c3)n2)C1. The first-order chi connectivity index (χ1) is 18.1. The van der Waals surface area contributed by atoms with E-state index < -0.39 is 10.0 Å². The van der Waals surface area contributed by atoms with Gasteiger partial charge in [-0.25, -0.2) is 18.1 Å². The lowest BCUT2D eigenvalue weighted by Gasteiger charge is -2.38. The van der Waals surface area contributed by atoms with Crippen LogP contribution in [0.3, 0.4) is 0 Å². The normalized spacial score (nSPS) is 13.7. The van der Waals surface area contributed by atoms with Gasteiger partial charge in [0.15, 0.2) is 0 Å². The molecule has 11 nitrogen and oxygen atoms in total. The molecule has 1 amide bonds. The van der Waals surface area contributed by atoms with E-state index in [1.54, 1.807) is 28.8 Å². The minimum Gasteiger partial charge on any atom is -0.495 e. The number of aryl methyl sites for hydroxylation is 3. The molecule has 4 aromatic rings. The molecule has 0 radical (unpaired) electrons. The van der Waals surface area contributed by atoms with E-state index in [0.717, 1.165) is 16.7 Å². The summed E-state index contributed by atoms with van der Waals surface area (Å²) in [4.78, 5) is 23.3. The van der Waals surface area contributed by atoms with Crippen molar-refractivity contribution in [3.05, 3.63) is 64.1 Å². The maximum Gasteiger partial charge on any atom is 0.267 e. The molecule has 1 aliphatic rings. The second-order valence-electron chi connectivity index (χ2n) is 8.94. The standard InChI is InChI=1S/C25H26N6O5S2/c1-15-6-5-7-16(2)23(15)20-8-22(28-25(27-20)29-38(33,34)18-9-26-30(3)12-18)36-17-10-31(11-17)24(32)19-13-37-14-21(19)35-4/h5-9,12-14,17H,10-11H2,1-4H3,(H,27,28,29). The van der Waals surface area contributed by atoms with Crippen molar-refractivity contribution in [3.8, 4) is 22.9 Å². The van der Waals surface area contributed by atoms with Crippen LogP contribution in [0.15, 0.2) is 52.3 Å². The molecule has 0 atom stereocenters. The van der Waals surface area contributed by atoms with Gasteiger partial charge in [0.1, 0.15) is 16.7 Å². The zero-order valence-electron chi connectivity index (χ0n) is 21.2. The van der Waals surface area contributed by atoms with E-state index in [-0.39, 0.29) is 28.7 Å². The fraction of sp³-hybridized carbons (Fsp3) is 0.280. The van der Waals surface area contributed by atoms with Gasteiger partial charge in [-0.15, -0.1) is 11.3 Å². The van der Waals surface area contributed by atoms with Crippen molar-refractivity contribution in [1.82, 2.24) is 24.6 Å². The molecule has 1 fully saturated rings. The van der Waals surface area contributed by atoms with Gasteiger partial charge in [-0.1, -0.05) is 18.2 Å². The molecule has 1 saturated heterocycles. The van der Waals surface area contributed by atoms with Crippen LogP contribution >= 0.6 is 11.3 Å². The summed E-state index contributed by atoms with van der Waals surface area (Å²) in [6.07, 6.45) is 2.32. The van der Waals surface area contributed by atoms with E-state index in [9.17, 15) is 13.2 Å². The third kappa shape index (κ3) is 5.07. The number of thiophene rings is 1. The van der Waals surface area contributed by atoms with E-state index in [4.69, 9.17) is 9.47 Å². The average molecular weight is 555 g/mol. The van der Waals surface area contributed by atoms with Crippen LogP contribution in [0, 0.1) is 13.8 Å². The Morgan fingerprint density at radius 3 is 2.55 bits per heavy atom. The van der Waals surface area contributed by atoms with Crippen LogP contribution in [-0.4, -0.2) is 65.3 Å². The first kappa shape index (κ1) is 25.7. The van der Waals surface area contributed by atoms with Crippen molar-refractivity contribution < 1.29 is 22.7 Å². The van der Waals surface area contributed by atoms with Gasteiger partial charge in [0.05, 0.1) is 37.7 Å². The fourth-order valence-corrected chi connectivity index (χ4v) is 5.91. The molecule has 0 aliphatic carbocycles. The highest BCUT2D eigenvalue weighted by Gasteiger charge is 2.35. The van der Waals surface area contributed by atoms with Gasteiger partial charge in [0, 0.05) is 35.6 Å².